The number of carbonyl (C=O) groups is 2. The highest BCUT2D eigenvalue weighted by atomic mass is 16.7. The average Bonchev–Trinajstić information content (AvgIpc) is 3.00. The standard InChI is InChI=1S/C28H40O18/c1-28(8-17(32)33,46-27-24(40)22(38)20(36)16(11-30)44-27)9-18(34)42-5-3-4-12-6-13(31)25(14(7-12)41-2)45-26-23(39)21(37)19(35)15(10-29)43-26/h3-4,6-7,15-16,19-24,26-27,29-31,35-40H,5,8-11H2,1-2H3,(H,32,33)/t15-,16-,19-,20-,21+,22+,23-,24-,26+,27+,28+/m1/s1. The van der Waals surface area contributed by atoms with E-state index in [4.69, 9.17) is 28.4 Å². The number of phenols is 1. The zero-order chi connectivity index (χ0) is 34.3. The van der Waals surface area contributed by atoms with E-state index in [0.29, 0.717) is 5.56 Å². The predicted molar refractivity (Wildman–Crippen MR) is 149 cm³/mol. The first kappa shape index (κ1) is 37.3. The number of hydrogen-bond donors (Lipinski definition) is 10. The van der Waals surface area contributed by atoms with Gasteiger partial charge in [0.25, 0.3) is 0 Å². The summed E-state index contributed by atoms with van der Waals surface area (Å²) in [5.41, 5.74) is -1.48. The Morgan fingerprint density at radius 2 is 1.43 bits per heavy atom. The molecule has 3 rings (SSSR count). The fraction of sp³-hybridized carbons (Fsp3) is 0.643. The molecule has 1 aromatic carbocycles. The van der Waals surface area contributed by atoms with Gasteiger partial charge in [-0.15, -0.1) is 0 Å². The maximum Gasteiger partial charge on any atom is 0.309 e. The number of ether oxygens (including phenoxy) is 6. The molecule has 1 aromatic rings. The molecular formula is C28H40O18. The number of methoxy groups -OCH3 is 1. The molecule has 2 aliphatic heterocycles. The third-order valence-electron chi connectivity index (χ3n) is 7.30. The minimum atomic E-state index is -1.83. The Kier molecular flexibility index (Phi) is 13.1. The maximum absolute atomic E-state index is 12.6. The van der Waals surface area contributed by atoms with Crippen LogP contribution in [-0.2, 0) is 28.5 Å². The van der Waals surface area contributed by atoms with E-state index in [9.17, 15) is 60.7 Å². The molecule has 2 fully saturated rings. The van der Waals surface area contributed by atoms with Crippen molar-refractivity contribution in [3.63, 3.8) is 0 Å². The molecular weight excluding hydrogens is 624 g/mol. The van der Waals surface area contributed by atoms with Crippen molar-refractivity contribution in [2.24, 2.45) is 0 Å². The molecule has 0 amide bonds. The Balaban J connectivity index is 1.63. The van der Waals surface area contributed by atoms with Crippen LogP contribution in [0.4, 0.5) is 0 Å². The zero-order valence-electron chi connectivity index (χ0n) is 24.9. The van der Waals surface area contributed by atoms with Crippen LogP contribution in [0, 0.1) is 0 Å². The molecule has 0 aromatic heterocycles. The number of rotatable bonds is 14. The summed E-state index contributed by atoms with van der Waals surface area (Å²) in [6.07, 6.45) is -14.8. The summed E-state index contributed by atoms with van der Waals surface area (Å²) in [6.45, 7) is -0.518. The molecule has 18 heteroatoms. The number of aromatic hydroxyl groups is 1. The second kappa shape index (κ2) is 16.1. The summed E-state index contributed by atoms with van der Waals surface area (Å²) in [7, 11) is 1.25. The first-order valence-corrected chi connectivity index (χ1v) is 14.0. The molecule has 0 spiro atoms. The summed E-state index contributed by atoms with van der Waals surface area (Å²) < 4.78 is 32.0. The van der Waals surface area contributed by atoms with Crippen molar-refractivity contribution >= 4 is 18.0 Å². The number of aliphatic carboxylic acids is 1. The van der Waals surface area contributed by atoms with Gasteiger partial charge >= 0.3 is 11.9 Å². The molecule has 11 atom stereocenters. The quantitative estimate of drug-likeness (QED) is 0.0866. The molecule has 260 valence electrons. The molecule has 18 nitrogen and oxygen atoms in total. The zero-order valence-corrected chi connectivity index (χ0v) is 24.9. The van der Waals surface area contributed by atoms with E-state index in [1.807, 2.05) is 0 Å². The van der Waals surface area contributed by atoms with Gasteiger partial charge in [0.1, 0.15) is 55.4 Å². The Hall–Kier alpha value is -3.14. The van der Waals surface area contributed by atoms with Crippen LogP contribution < -0.4 is 9.47 Å². The monoisotopic (exact) mass is 664 g/mol. The van der Waals surface area contributed by atoms with E-state index in [-0.39, 0.29) is 18.1 Å². The van der Waals surface area contributed by atoms with Crippen LogP contribution in [0.1, 0.15) is 25.3 Å². The number of phenolic OH excluding ortho intramolecular Hbond substituents is 1. The number of carboxylic acids is 1. The van der Waals surface area contributed by atoms with Gasteiger partial charge in [-0.3, -0.25) is 9.59 Å². The van der Waals surface area contributed by atoms with Crippen LogP contribution >= 0.6 is 0 Å². The second-order valence-electron chi connectivity index (χ2n) is 11.0. The SMILES string of the molecule is COc1cc(C=CCOC(=O)C[C@](C)(CC(=O)O)O[C@@H]2O[C@H](CO)[C@@H](O)[C@H](O)[C@H]2O)cc(O)c1O[C@@H]1O[C@H](CO)[C@@H](O)[C@H](O)[C@H]1O. The minimum absolute atomic E-state index is 0.0385. The molecule has 0 radical (unpaired) electrons. The molecule has 0 saturated carbocycles. The molecule has 2 saturated heterocycles. The third-order valence-corrected chi connectivity index (χ3v) is 7.30. The van der Waals surface area contributed by atoms with Crippen molar-refractivity contribution in [2.45, 2.75) is 86.8 Å². The van der Waals surface area contributed by atoms with Crippen molar-refractivity contribution in [3.05, 3.63) is 23.8 Å². The molecule has 2 heterocycles. The van der Waals surface area contributed by atoms with E-state index in [0.717, 1.165) is 0 Å². The van der Waals surface area contributed by atoms with Crippen LogP contribution in [0.3, 0.4) is 0 Å². The van der Waals surface area contributed by atoms with Crippen molar-refractivity contribution < 1.29 is 89.1 Å². The van der Waals surface area contributed by atoms with Gasteiger partial charge in [-0.2, -0.15) is 0 Å². The number of aliphatic hydroxyl groups is 8. The summed E-state index contributed by atoms with van der Waals surface area (Å²) in [4.78, 5) is 24.1. The van der Waals surface area contributed by atoms with Gasteiger partial charge in [0, 0.05) is 0 Å². The Morgan fingerprint density at radius 1 is 0.870 bits per heavy atom. The number of aliphatic hydroxyl groups excluding tert-OH is 8. The Labute approximate surface area is 262 Å². The van der Waals surface area contributed by atoms with E-state index >= 15 is 0 Å². The molecule has 0 unspecified atom stereocenters. The van der Waals surface area contributed by atoms with Crippen molar-refractivity contribution in [3.8, 4) is 17.2 Å². The van der Waals surface area contributed by atoms with Gasteiger partial charge in [-0.05, 0) is 30.7 Å². The van der Waals surface area contributed by atoms with Gasteiger partial charge in [0.15, 0.2) is 17.8 Å². The van der Waals surface area contributed by atoms with Crippen LogP contribution in [0.2, 0.25) is 0 Å². The van der Waals surface area contributed by atoms with Gasteiger partial charge < -0.3 is 79.5 Å². The fourth-order valence-corrected chi connectivity index (χ4v) is 4.85. The van der Waals surface area contributed by atoms with E-state index < -0.39 is 111 Å². The largest absolute Gasteiger partial charge is 0.504 e. The summed E-state index contributed by atoms with van der Waals surface area (Å²) >= 11 is 0. The molecule has 46 heavy (non-hydrogen) atoms. The van der Waals surface area contributed by atoms with Crippen LogP contribution in [0.15, 0.2) is 18.2 Å². The average molecular weight is 665 g/mol. The number of hydrogen-bond acceptors (Lipinski definition) is 17. The normalized spacial score (nSPS) is 32.9. The van der Waals surface area contributed by atoms with Crippen molar-refractivity contribution in [2.75, 3.05) is 26.9 Å². The highest BCUT2D eigenvalue weighted by molar-refractivity contribution is 5.74. The van der Waals surface area contributed by atoms with Crippen LogP contribution in [-0.4, -0.2) is 157 Å². The lowest BCUT2D eigenvalue weighted by molar-refractivity contribution is -0.325. The first-order chi connectivity index (χ1) is 21.6. The van der Waals surface area contributed by atoms with Crippen LogP contribution in [0.5, 0.6) is 17.2 Å². The lowest BCUT2D eigenvalue weighted by Crippen LogP contribution is -2.60. The van der Waals surface area contributed by atoms with E-state index in [2.05, 4.69) is 0 Å². The van der Waals surface area contributed by atoms with Crippen molar-refractivity contribution in [1.29, 1.82) is 0 Å². The predicted octanol–water partition coefficient (Wildman–Crippen LogP) is -3.42. The number of carbonyl (C=O) groups excluding carboxylic acids is 1. The summed E-state index contributed by atoms with van der Waals surface area (Å²) in [6, 6.07) is 2.62. The molecule has 10 N–H and O–H groups in total. The highest BCUT2D eigenvalue weighted by Crippen LogP contribution is 2.40. The molecule has 0 aliphatic carbocycles. The van der Waals surface area contributed by atoms with Gasteiger partial charge in [0.05, 0.1) is 38.8 Å². The smallest absolute Gasteiger partial charge is 0.309 e. The van der Waals surface area contributed by atoms with Gasteiger partial charge in [-0.1, -0.05) is 6.08 Å². The number of carboxylic acid groups (broad SMARTS) is 1. The van der Waals surface area contributed by atoms with Crippen LogP contribution in [0.25, 0.3) is 6.08 Å². The second-order valence-corrected chi connectivity index (χ2v) is 11.0. The number of esters is 1. The molecule has 2 aliphatic rings. The van der Waals surface area contributed by atoms with Crippen molar-refractivity contribution in [1.82, 2.24) is 0 Å². The van der Waals surface area contributed by atoms with E-state index in [1.165, 1.54) is 38.3 Å². The van der Waals surface area contributed by atoms with Gasteiger partial charge in [0.2, 0.25) is 12.0 Å². The topological polar surface area (TPSA) is 292 Å². The maximum atomic E-state index is 12.6. The summed E-state index contributed by atoms with van der Waals surface area (Å²) in [5.74, 6) is -3.09. The number of benzene rings is 1. The lowest BCUT2D eigenvalue weighted by atomic mass is 9.95. The Bertz CT molecular complexity index is 1210. The van der Waals surface area contributed by atoms with Gasteiger partial charge in [-0.25, -0.2) is 0 Å². The first-order valence-electron chi connectivity index (χ1n) is 14.0. The third kappa shape index (κ3) is 9.02. The lowest BCUT2D eigenvalue weighted by Gasteiger charge is -2.42. The van der Waals surface area contributed by atoms with E-state index in [1.54, 1.807) is 0 Å². The Morgan fingerprint density at radius 3 is 1.98 bits per heavy atom. The minimum Gasteiger partial charge on any atom is -0.504 e. The fourth-order valence-electron chi connectivity index (χ4n) is 4.85. The molecule has 0 bridgehead atoms. The highest BCUT2D eigenvalue weighted by Gasteiger charge is 2.48. The summed E-state index contributed by atoms with van der Waals surface area (Å²) in [5, 5.41) is 99.0.